The summed E-state index contributed by atoms with van der Waals surface area (Å²) in [6, 6.07) is 11.4. The highest BCUT2D eigenvalue weighted by molar-refractivity contribution is 7.90. The molecule has 1 spiro atoms. The third kappa shape index (κ3) is 5.96. The van der Waals surface area contributed by atoms with Gasteiger partial charge in [0.25, 0.3) is 5.91 Å². The lowest BCUT2D eigenvalue weighted by Crippen LogP contribution is -2.52. The maximum atomic E-state index is 13.6. The molecule has 1 amide bonds. The van der Waals surface area contributed by atoms with Gasteiger partial charge in [0.1, 0.15) is 11.4 Å². The van der Waals surface area contributed by atoms with Gasteiger partial charge in [0.05, 0.1) is 29.4 Å². The Morgan fingerprint density at radius 1 is 1.12 bits per heavy atom. The first kappa shape index (κ1) is 34.4. The van der Waals surface area contributed by atoms with Gasteiger partial charge in [-0.1, -0.05) is 36.7 Å². The largest absolute Gasteiger partial charge is 0.490 e. The number of imidazole rings is 1. The van der Waals surface area contributed by atoms with E-state index in [0.717, 1.165) is 48.5 Å². The number of halogens is 2. The van der Waals surface area contributed by atoms with Crippen molar-refractivity contribution in [1.82, 2.24) is 14.3 Å². The molecule has 9 nitrogen and oxygen atoms in total. The van der Waals surface area contributed by atoms with Crippen molar-refractivity contribution in [3.8, 4) is 5.75 Å². The van der Waals surface area contributed by atoms with Crippen LogP contribution in [0, 0.1) is 17.8 Å². The number of aromatic nitrogens is 2. The van der Waals surface area contributed by atoms with Crippen LogP contribution in [0.5, 0.6) is 5.75 Å². The fraction of sp³-hybridized carbons (Fsp3) is 0.514. The number of rotatable bonds is 2. The number of allylic oxidation sites excluding steroid dienone is 1. The van der Waals surface area contributed by atoms with Crippen molar-refractivity contribution in [3.05, 3.63) is 87.4 Å². The van der Waals surface area contributed by atoms with Crippen molar-refractivity contribution >= 4 is 44.8 Å². The second kappa shape index (κ2) is 12.9. The van der Waals surface area contributed by atoms with Crippen LogP contribution in [0.1, 0.15) is 73.1 Å². The van der Waals surface area contributed by atoms with Crippen LogP contribution in [-0.4, -0.2) is 55.9 Å². The summed E-state index contributed by atoms with van der Waals surface area (Å²) >= 11 is 13.0. The second-order valence-corrected chi connectivity index (χ2v) is 17.3. The van der Waals surface area contributed by atoms with Gasteiger partial charge in [0.15, 0.2) is 0 Å². The van der Waals surface area contributed by atoms with Crippen molar-refractivity contribution < 1.29 is 22.7 Å². The third-order valence-electron chi connectivity index (χ3n) is 11.8. The topological polar surface area (TPSA) is 103 Å². The maximum Gasteiger partial charge on any atom is 0.264 e. The molecule has 262 valence electrons. The lowest BCUT2D eigenvalue weighted by atomic mass is 9.63. The zero-order valence-corrected chi connectivity index (χ0v) is 30.7. The molecule has 0 saturated heterocycles. The summed E-state index contributed by atoms with van der Waals surface area (Å²) in [6.45, 7) is 5.36. The summed E-state index contributed by atoms with van der Waals surface area (Å²) in [5.74, 6) is 0.0483. The van der Waals surface area contributed by atoms with Gasteiger partial charge in [-0.05, 0) is 110 Å². The Bertz CT molecular complexity index is 1910. The zero-order chi connectivity index (χ0) is 34.7. The molecule has 1 aromatic heterocycles. The Hall–Kier alpha value is -3.05. The molecule has 3 aromatic rings. The predicted octanol–water partition coefficient (Wildman–Crippen LogP) is 6.81. The van der Waals surface area contributed by atoms with E-state index in [-0.39, 0.29) is 28.7 Å². The van der Waals surface area contributed by atoms with E-state index < -0.39 is 26.8 Å². The molecule has 0 unspecified atom stereocenters. The molecule has 7 rings (SSSR count). The summed E-state index contributed by atoms with van der Waals surface area (Å²) < 4.78 is 44.4. The lowest BCUT2D eigenvalue weighted by Gasteiger charge is -2.50. The number of amides is 1. The number of benzene rings is 2. The normalized spacial score (nSPS) is 31.8. The minimum Gasteiger partial charge on any atom is -0.490 e. The van der Waals surface area contributed by atoms with Crippen LogP contribution in [-0.2, 0) is 39.2 Å². The van der Waals surface area contributed by atoms with Gasteiger partial charge < -0.3 is 18.9 Å². The standard InChI is InChI=1S/C37H44Cl2N4O5S/c1-23-7-5-16-37(47-4,33-19-40-35(39)42(33)3)30-12-9-27(30)20-43-21-36(15-6-8-25-17-28(38)11-13-29(25)36)22-48-32-14-10-26(18-31(32)43)34(44)41-49(45,46)24(23)2/h5,10-11,13-14,16-19,23-24,27,30H,6-9,12,15,20-22H2,1-4H3,(H,41,44)/b16-5+/t23-,24+,27-,30+,36-,37+/m0/s1. The average molecular weight is 728 g/mol. The minimum absolute atomic E-state index is 0.0806. The van der Waals surface area contributed by atoms with Gasteiger partial charge in [-0.3, -0.25) is 4.79 Å². The molecule has 4 aliphatic rings. The van der Waals surface area contributed by atoms with E-state index in [1.54, 1.807) is 32.4 Å². The van der Waals surface area contributed by atoms with Crippen LogP contribution in [0.15, 0.2) is 54.7 Å². The molecule has 2 aliphatic heterocycles. The van der Waals surface area contributed by atoms with Crippen molar-refractivity contribution in [3.63, 3.8) is 0 Å². The summed E-state index contributed by atoms with van der Waals surface area (Å²) in [7, 11) is -0.364. The van der Waals surface area contributed by atoms with Gasteiger partial charge in [-0.2, -0.15) is 0 Å². The predicted molar refractivity (Wildman–Crippen MR) is 192 cm³/mol. The molecule has 1 fully saturated rings. The van der Waals surface area contributed by atoms with Gasteiger partial charge in [-0.25, -0.2) is 18.1 Å². The molecular formula is C37H44Cl2N4O5S. The van der Waals surface area contributed by atoms with E-state index in [0.29, 0.717) is 37.2 Å². The number of nitrogens with one attached hydrogen (secondary N) is 1. The number of ether oxygens (including phenoxy) is 2. The monoisotopic (exact) mass is 726 g/mol. The molecule has 2 bridgehead atoms. The summed E-state index contributed by atoms with van der Waals surface area (Å²) in [6.07, 6.45) is 11.2. The maximum absolute atomic E-state index is 13.6. The van der Waals surface area contributed by atoms with Crippen molar-refractivity contribution in [2.75, 3.05) is 31.7 Å². The smallest absolute Gasteiger partial charge is 0.264 e. The summed E-state index contributed by atoms with van der Waals surface area (Å²) in [5, 5.41) is 0.272. The molecular weight excluding hydrogens is 683 g/mol. The molecule has 2 aromatic carbocycles. The van der Waals surface area contributed by atoms with Crippen molar-refractivity contribution in [2.24, 2.45) is 24.8 Å². The van der Waals surface area contributed by atoms with E-state index in [2.05, 4.69) is 32.8 Å². The first-order valence-electron chi connectivity index (χ1n) is 17.1. The number of carbonyl (C=O) groups excluding carboxylic acids is 1. The van der Waals surface area contributed by atoms with E-state index in [1.807, 2.05) is 36.7 Å². The molecule has 1 saturated carbocycles. The fourth-order valence-electron chi connectivity index (χ4n) is 8.60. The molecule has 1 N–H and O–H groups in total. The first-order chi connectivity index (χ1) is 23.4. The van der Waals surface area contributed by atoms with Crippen molar-refractivity contribution in [2.45, 2.75) is 68.6 Å². The second-order valence-electron chi connectivity index (χ2n) is 14.5. The molecule has 12 heteroatoms. The molecule has 6 atom stereocenters. The Morgan fingerprint density at radius 3 is 2.65 bits per heavy atom. The Morgan fingerprint density at radius 2 is 1.94 bits per heavy atom. The van der Waals surface area contributed by atoms with Gasteiger partial charge in [-0.15, -0.1) is 0 Å². The number of hydrogen-bond donors (Lipinski definition) is 1. The summed E-state index contributed by atoms with van der Waals surface area (Å²) in [4.78, 5) is 20.4. The number of nitrogens with zero attached hydrogens (tertiary/aromatic N) is 3. The van der Waals surface area contributed by atoms with Crippen LogP contribution >= 0.6 is 23.2 Å². The molecule has 0 radical (unpaired) electrons. The first-order valence-corrected chi connectivity index (χ1v) is 19.4. The number of hydrogen-bond acceptors (Lipinski definition) is 7. The zero-order valence-electron chi connectivity index (χ0n) is 28.4. The van der Waals surface area contributed by atoms with Gasteiger partial charge in [0, 0.05) is 49.2 Å². The number of carbonyl (C=O) groups is 1. The molecule has 2 aliphatic carbocycles. The van der Waals surface area contributed by atoms with Crippen LogP contribution in [0.2, 0.25) is 10.3 Å². The minimum atomic E-state index is -3.99. The van der Waals surface area contributed by atoms with Crippen molar-refractivity contribution in [1.29, 1.82) is 0 Å². The Balaban J connectivity index is 1.37. The fourth-order valence-corrected chi connectivity index (χ4v) is 10.2. The molecule has 49 heavy (non-hydrogen) atoms. The SMILES string of the molecule is CO[C@]1(c2cnc(Cl)n2C)/C=C/C[C@H](C)[C@@H](C)S(=O)(=O)NC(=O)c2ccc3c(c2)N(C[C@@H]2CC[C@H]21)C[C@@]1(CCCc2cc(Cl)ccc21)CO3. The Kier molecular flexibility index (Phi) is 9.08. The number of sulfonamides is 1. The number of anilines is 1. The number of methoxy groups -OCH3 is 1. The van der Waals surface area contributed by atoms with E-state index >= 15 is 0 Å². The van der Waals surface area contributed by atoms with Gasteiger partial charge in [0.2, 0.25) is 15.3 Å². The van der Waals surface area contributed by atoms with Crippen LogP contribution in [0.25, 0.3) is 0 Å². The Labute approximate surface area is 299 Å². The highest BCUT2D eigenvalue weighted by Gasteiger charge is 2.51. The number of fused-ring (bicyclic) bond motifs is 4. The van der Waals surface area contributed by atoms with Crippen LogP contribution < -0.4 is 14.4 Å². The quantitative estimate of drug-likeness (QED) is 0.290. The third-order valence-corrected chi connectivity index (χ3v) is 14.3. The summed E-state index contributed by atoms with van der Waals surface area (Å²) in [5.41, 5.74) is 3.25. The van der Waals surface area contributed by atoms with Gasteiger partial charge >= 0.3 is 0 Å². The highest BCUT2D eigenvalue weighted by atomic mass is 35.5. The van der Waals surface area contributed by atoms with E-state index in [4.69, 9.17) is 32.7 Å². The number of aryl methyl sites for hydroxylation is 1. The lowest BCUT2D eigenvalue weighted by molar-refractivity contribution is -0.0846. The van der Waals surface area contributed by atoms with E-state index in [1.165, 1.54) is 11.1 Å². The molecule has 3 heterocycles. The van der Waals surface area contributed by atoms with Crippen LogP contribution in [0.3, 0.4) is 0 Å². The van der Waals surface area contributed by atoms with Crippen LogP contribution in [0.4, 0.5) is 5.69 Å². The van der Waals surface area contributed by atoms with E-state index in [9.17, 15) is 13.2 Å². The highest BCUT2D eigenvalue weighted by Crippen LogP contribution is 2.52. The average Bonchev–Trinajstić information content (AvgIpc) is 3.32.